The maximum atomic E-state index is 14.4. The lowest BCUT2D eigenvalue weighted by molar-refractivity contribution is -0.185. The highest BCUT2D eigenvalue weighted by atomic mass is 19.4. The van der Waals surface area contributed by atoms with E-state index < -0.39 is 17.8 Å². The Labute approximate surface area is 167 Å². The van der Waals surface area contributed by atoms with Crippen LogP contribution in [0.3, 0.4) is 0 Å². The van der Waals surface area contributed by atoms with Gasteiger partial charge in [-0.05, 0) is 79.5 Å². The van der Waals surface area contributed by atoms with Crippen LogP contribution in [0.4, 0.5) is 22.0 Å². The molecule has 2 aromatic rings. The molecule has 0 bridgehead atoms. The van der Waals surface area contributed by atoms with E-state index in [1.165, 1.54) is 37.8 Å². The van der Waals surface area contributed by atoms with Gasteiger partial charge in [0.05, 0.1) is 11.1 Å². The van der Waals surface area contributed by atoms with Gasteiger partial charge in [0.25, 0.3) is 0 Å². The fourth-order valence-electron chi connectivity index (χ4n) is 4.06. The number of hydrogen-bond donors (Lipinski definition) is 0. The third kappa shape index (κ3) is 5.49. The number of ether oxygens (including phenoxy) is 1. The second kappa shape index (κ2) is 8.72. The van der Waals surface area contributed by atoms with Gasteiger partial charge in [-0.3, -0.25) is 0 Å². The van der Waals surface area contributed by atoms with Gasteiger partial charge in [0.2, 0.25) is 0 Å². The Bertz CT molecular complexity index is 772. The Morgan fingerprint density at radius 2 is 1.34 bits per heavy atom. The predicted octanol–water partition coefficient (Wildman–Crippen LogP) is 7.91. The largest absolute Gasteiger partial charge is 0.429 e. The molecule has 0 amide bonds. The Kier molecular flexibility index (Phi) is 6.49. The van der Waals surface area contributed by atoms with Crippen LogP contribution in [0.25, 0.3) is 0 Å². The summed E-state index contributed by atoms with van der Waals surface area (Å²) >= 11 is 0. The zero-order chi connectivity index (χ0) is 21.1. The Balaban J connectivity index is 1.64. The van der Waals surface area contributed by atoms with Gasteiger partial charge in [-0.25, -0.2) is 0 Å². The molecule has 1 aliphatic carbocycles. The quantitative estimate of drug-likeness (QED) is 0.438. The van der Waals surface area contributed by atoms with Gasteiger partial charge in [0.1, 0.15) is 5.75 Å². The van der Waals surface area contributed by atoms with Crippen molar-refractivity contribution in [2.75, 3.05) is 0 Å². The van der Waals surface area contributed by atoms with E-state index in [9.17, 15) is 22.0 Å². The summed E-state index contributed by atoms with van der Waals surface area (Å²) in [6, 6.07) is 9.37. The van der Waals surface area contributed by atoms with E-state index >= 15 is 0 Å². The minimum atomic E-state index is -4.52. The average molecular weight is 412 g/mol. The number of hydrogen-bond acceptors (Lipinski definition) is 1. The summed E-state index contributed by atoms with van der Waals surface area (Å²) in [6.45, 7) is 2.19. The number of rotatable bonds is 6. The molecule has 0 saturated heterocycles. The van der Waals surface area contributed by atoms with Gasteiger partial charge in [0.15, 0.2) is 0 Å². The fourth-order valence-corrected chi connectivity index (χ4v) is 4.06. The fraction of sp³-hybridized carbons (Fsp3) is 0.478. The van der Waals surface area contributed by atoms with Gasteiger partial charge in [-0.15, -0.1) is 0 Å². The maximum Gasteiger partial charge on any atom is 0.426 e. The second-order valence-corrected chi connectivity index (χ2v) is 7.77. The van der Waals surface area contributed by atoms with E-state index in [4.69, 9.17) is 0 Å². The first kappa shape index (κ1) is 21.6. The highest BCUT2D eigenvalue weighted by Crippen LogP contribution is 2.39. The van der Waals surface area contributed by atoms with Crippen molar-refractivity contribution in [1.29, 1.82) is 0 Å². The second-order valence-electron chi connectivity index (χ2n) is 7.77. The third-order valence-corrected chi connectivity index (χ3v) is 5.69. The van der Waals surface area contributed by atoms with Gasteiger partial charge >= 0.3 is 12.3 Å². The molecule has 29 heavy (non-hydrogen) atoms. The molecular weight excluding hydrogens is 387 g/mol. The van der Waals surface area contributed by atoms with E-state index in [-0.39, 0.29) is 11.3 Å². The number of benzene rings is 2. The molecule has 2 aromatic carbocycles. The first-order valence-corrected chi connectivity index (χ1v) is 10.0. The van der Waals surface area contributed by atoms with Gasteiger partial charge in [0, 0.05) is 0 Å². The van der Waals surface area contributed by atoms with Crippen molar-refractivity contribution in [3.63, 3.8) is 0 Å². The maximum absolute atomic E-state index is 14.4. The van der Waals surface area contributed by atoms with Crippen molar-refractivity contribution in [3.8, 4) is 5.75 Å². The molecule has 0 spiro atoms. The smallest absolute Gasteiger partial charge is 0.426 e. The number of alkyl halides is 5. The van der Waals surface area contributed by atoms with Crippen LogP contribution in [0.2, 0.25) is 0 Å². The normalized spacial score (nSPS) is 20.5. The summed E-state index contributed by atoms with van der Waals surface area (Å²) in [6.07, 6.45) is -1.22. The standard InChI is InChI=1S/C23H25F5O/c1-2-3-16-4-6-17(7-5-16)18-8-10-20(11-9-18)23(27,28)29-21-14-12-19(13-15-21)22(24,25)26/h8-17H,2-7H2,1H3/t16-,17-. The molecule has 0 radical (unpaired) electrons. The van der Waals surface area contributed by atoms with Gasteiger partial charge < -0.3 is 4.74 Å². The summed E-state index contributed by atoms with van der Waals surface area (Å²) in [4.78, 5) is 0. The molecular formula is C23H25F5O. The molecule has 1 nitrogen and oxygen atoms in total. The third-order valence-electron chi connectivity index (χ3n) is 5.69. The molecule has 0 aliphatic heterocycles. The Morgan fingerprint density at radius 1 is 0.793 bits per heavy atom. The molecule has 0 aromatic heterocycles. The lowest BCUT2D eigenvalue weighted by Gasteiger charge is -2.29. The lowest BCUT2D eigenvalue weighted by atomic mass is 9.77. The SMILES string of the molecule is CCC[C@H]1CC[C@H](c2ccc(C(F)(F)Oc3ccc(C(F)(F)F)cc3)cc2)CC1. The Hall–Kier alpha value is -2.11. The summed E-state index contributed by atoms with van der Waals surface area (Å²) in [5.74, 6) is 0.847. The van der Waals surface area contributed by atoms with Crippen LogP contribution in [0.1, 0.15) is 68.1 Å². The molecule has 1 aliphatic rings. The zero-order valence-corrected chi connectivity index (χ0v) is 16.3. The van der Waals surface area contributed by atoms with Crippen LogP contribution in [0.15, 0.2) is 48.5 Å². The minimum Gasteiger partial charge on any atom is -0.429 e. The van der Waals surface area contributed by atoms with E-state index in [1.807, 2.05) is 0 Å². The van der Waals surface area contributed by atoms with Crippen molar-refractivity contribution in [2.24, 2.45) is 5.92 Å². The van der Waals surface area contributed by atoms with Crippen molar-refractivity contribution in [2.45, 2.75) is 63.7 Å². The summed E-state index contributed by atoms with van der Waals surface area (Å²) in [5.41, 5.74) is -0.180. The van der Waals surface area contributed by atoms with E-state index in [2.05, 4.69) is 11.7 Å². The molecule has 0 heterocycles. The van der Waals surface area contributed by atoms with E-state index in [1.54, 1.807) is 12.1 Å². The van der Waals surface area contributed by atoms with Crippen LogP contribution < -0.4 is 4.74 Å². The van der Waals surface area contributed by atoms with Crippen molar-refractivity contribution in [3.05, 3.63) is 65.2 Å². The molecule has 1 fully saturated rings. The minimum absolute atomic E-state index is 0.318. The highest BCUT2D eigenvalue weighted by Gasteiger charge is 2.35. The molecule has 0 unspecified atom stereocenters. The first-order valence-electron chi connectivity index (χ1n) is 10.0. The summed E-state index contributed by atoms with van der Waals surface area (Å²) in [5, 5.41) is 0. The highest BCUT2D eigenvalue weighted by molar-refractivity contribution is 5.31. The molecule has 3 rings (SSSR count). The summed E-state index contributed by atoms with van der Waals surface area (Å²) < 4.78 is 71.3. The molecule has 158 valence electrons. The molecule has 0 N–H and O–H groups in total. The van der Waals surface area contributed by atoms with E-state index in [0.29, 0.717) is 5.92 Å². The van der Waals surface area contributed by atoms with Crippen LogP contribution in [-0.2, 0) is 12.3 Å². The van der Waals surface area contributed by atoms with Crippen LogP contribution in [0.5, 0.6) is 5.75 Å². The van der Waals surface area contributed by atoms with Crippen molar-refractivity contribution < 1.29 is 26.7 Å². The first-order chi connectivity index (χ1) is 13.7. The number of halogens is 5. The lowest BCUT2D eigenvalue weighted by Crippen LogP contribution is -2.22. The molecule has 0 atom stereocenters. The topological polar surface area (TPSA) is 9.23 Å². The molecule has 6 heteroatoms. The van der Waals surface area contributed by atoms with Gasteiger partial charge in [-0.2, -0.15) is 22.0 Å². The average Bonchev–Trinajstić information content (AvgIpc) is 2.68. The molecule has 1 saturated carbocycles. The van der Waals surface area contributed by atoms with Gasteiger partial charge in [-0.1, -0.05) is 31.9 Å². The van der Waals surface area contributed by atoms with E-state index in [0.717, 1.165) is 48.6 Å². The van der Waals surface area contributed by atoms with Crippen LogP contribution in [-0.4, -0.2) is 0 Å². The zero-order valence-electron chi connectivity index (χ0n) is 16.3. The monoisotopic (exact) mass is 412 g/mol. The summed E-state index contributed by atoms with van der Waals surface area (Å²) in [7, 11) is 0. The van der Waals surface area contributed by atoms with Crippen molar-refractivity contribution >= 4 is 0 Å². The van der Waals surface area contributed by atoms with Crippen molar-refractivity contribution in [1.82, 2.24) is 0 Å². The Morgan fingerprint density at radius 3 is 1.86 bits per heavy atom. The van der Waals surface area contributed by atoms with Crippen LogP contribution >= 0.6 is 0 Å². The predicted molar refractivity (Wildman–Crippen MR) is 102 cm³/mol. The van der Waals surface area contributed by atoms with Crippen LogP contribution in [0, 0.1) is 5.92 Å².